The minimum absolute atomic E-state index is 0.00780. The van der Waals surface area contributed by atoms with Gasteiger partial charge in [-0.25, -0.2) is 0 Å². The summed E-state index contributed by atoms with van der Waals surface area (Å²) < 4.78 is 5.36. The molecule has 106 valence electrons. The maximum Gasteiger partial charge on any atom is 0.228 e. The summed E-state index contributed by atoms with van der Waals surface area (Å²) in [7, 11) is 0. The number of carbonyl (C=O) groups is 2. The van der Waals surface area contributed by atoms with E-state index in [-0.39, 0.29) is 23.0 Å². The van der Waals surface area contributed by atoms with E-state index in [1.807, 2.05) is 6.07 Å². The highest BCUT2D eigenvalue weighted by molar-refractivity contribution is 5.98. The van der Waals surface area contributed by atoms with Crippen molar-refractivity contribution in [2.75, 3.05) is 18.5 Å². The quantitative estimate of drug-likeness (QED) is 0.861. The topological polar surface area (TPSA) is 55.4 Å². The Morgan fingerprint density at radius 3 is 2.75 bits per heavy atom. The fourth-order valence-corrected chi connectivity index (χ4v) is 3.09. The molecular weight excluding hydrogens is 254 g/mol. The van der Waals surface area contributed by atoms with Gasteiger partial charge in [-0.1, -0.05) is 12.1 Å². The number of nitrogens with one attached hydrogen (secondary N) is 1. The largest absolute Gasteiger partial charge is 0.381 e. The number of Topliss-reactive ketones (excluding diaryl/α,β-unsaturated/α-hetero) is 1. The van der Waals surface area contributed by atoms with Crippen LogP contribution in [0.4, 0.5) is 5.69 Å². The van der Waals surface area contributed by atoms with E-state index in [0.717, 1.165) is 32.5 Å². The van der Waals surface area contributed by atoms with Crippen LogP contribution in [0.15, 0.2) is 24.3 Å². The van der Waals surface area contributed by atoms with E-state index in [1.54, 1.807) is 18.2 Å². The van der Waals surface area contributed by atoms with E-state index >= 15 is 0 Å². The van der Waals surface area contributed by atoms with Crippen LogP contribution in [0.3, 0.4) is 0 Å². The first kappa shape index (κ1) is 13.3. The summed E-state index contributed by atoms with van der Waals surface area (Å²) in [6.45, 7) is 3.06. The molecule has 0 radical (unpaired) electrons. The van der Waals surface area contributed by atoms with E-state index in [9.17, 15) is 9.59 Å². The molecule has 2 fully saturated rings. The summed E-state index contributed by atoms with van der Waals surface area (Å²) in [6.07, 6.45) is 2.94. The number of hydrogen-bond acceptors (Lipinski definition) is 3. The average Bonchev–Trinajstić information content (AvgIpc) is 3.13. The van der Waals surface area contributed by atoms with Crippen LogP contribution in [0.5, 0.6) is 0 Å². The number of anilines is 1. The lowest BCUT2D eigenvalue weighted by atomic mass is 9.93. The minimum Gasteiger partial charge on any atom is -0.381 e. The third-order valence-corrected chi connectivity index (χ3v) is 4.53. The standard InChI is InChI=1S/C16H19NO3/c1-11(18)12-3-2-4-13(9-12)17-15(19)14-10-16(14)5-7-20-8-6-16/h2-4,9,14H,5-8,10H2,1H3,(H,17,19). The molecule has 1 aliphatic carbocycles. The summed E-state index contributed by atoms with van der Waals surface area (Å²) in [5.41, 5.74) is 1.51. The molecule has 4 nitrogen and oxygen atoms in total. The third-order valence-electron chi connectivity index (χ3n) is 4.53. The number of amides is 1. The Morgan fingerprint density at radius 2 is 2.05 bits per heavy atom. The van der Waals surface area contributed by atoms with E-state index in [0.29, 0.717) is 11.3 Å². The molecule has 1 amide bonds. The summed E-state index contributed by atoms with van der Waals surface area (Å²) in [4.78, 5) is 23.6. The van der Waals surface area contributed by atoms with Crippen LogP contribution in [0.1, 0.15) is 36.5 Å². The number of hydrogen-bond donors (Lipinski definition) is 1. The van der Waals surface area contributed by atoms with E-state index in [2.05, 4.69) is 5.32 Å². The number of ether oxygens (including phenoxy) is 1. The fourth-order valence-electron chi connectivity index (χ4n) is 3.09. The highest BCUT2D eigenvalue weighted by Crippen LogP contribution is 2.59. The Balaban J connectivity index is 1.65. The van der Waals surface area contributed by atoms with Crippen LogP contribution in [-0.4, -0.2) is 24.9 Å². The first-order valence-electron chi connectivity index (χ1n) is 7.10. The van der Waals surface area contributed by atoms with Crippen LogP contribution in [0.2, 0.25) is 0 Å². The first-order chi connectivity index (χ1) is 9.61. The van der Waals surface area contributed by atoms with Gasteiger partial charge in [-0.3, -0.25) is 9.59 Å². The van der Waals surface area contributed by atoms with E-state index in [1.165, 1.54) is 6.92 Å². The molecule has 20 heavy (non-hydrogen) atoms. The Morgan fingerprint density at radius 1 is 1.30 bits per heavy atom. The molecule has 2 aliphatic rings. The van der Waals surface area contributed by atoms with Gasteiger partial charge in [0.15, 0.2) is 5.78 Å². The van der Waals surface area contributed by atoms with Crippen molar-refractivity contribution in [3.63, 3.8) is 0 Å². The van der Waals surface area contributed by atoms with Crippen molar-refractivity contribution in [2.45, 2.75) is 26.2 Å². The second-order valence-electron chi connectivity index (χ2n) is 5.86. The molecule has 1 spiro atoms. The van der Waals surface area contributed by atoms with Crippen molar-refractivity contribution in [1.82, 2.24) is 0 Å². The molecule has 4 heteroatoms. The maximum absolute atomic E-state index is 12.3. The number of rotatable bonds is 3. The van der Waals surface area contributed by atoms with Gasteiger partial charge in [0.2, 0.25) is 5.91 Å². The lowest BCUT2D eigenvalue weighted by Gasteiger charge is -2.22. The van der Waals surface area contributed by atoms with Gasteiger partial charge in [-0.15, -0.1) is 0 Å². The SMILES string of the molecule is CC(=O)c1cccc(NC(=O)C2CC23CCOCC3)c1. The Kier molecular flexibility index (Phi) is 3.34. The van der Waals surface area contributed by atoms with Gasteiger partial charge >= 0.3 is 0 Å². The first-order valence-corrected chi connectivity index (χ1v) is 7.10. The van der Waals surface area contributed by atoms with Crippen molar-refractivity contribution in [3.8, 4) is 0 Å². The minimum atomic E-state index is 0.00780. The predicted molar refractivity (Wildman–Crippen MR) is 75.7 cm³/mol. The molecule has 0 bridgehead atoms. The molecule has 1 saturated carbocycles. The molecular formula is C16H19NO3. The van der Waals surface area contributed by atoms with Gasteiger partial charge in [0.05, 0.1) is 0 Å². The van der Waals surface area contributed by atoms with Crippen molar-refractivity contribution in [2.24, 2.45) is 11.3 Å². The van der Waals surface area contributed by atoms with Gasteiger partial charge in [0, 0.05) is 30.4 Å². The molecule has 1 atom stereocenters. The number of ketones is 1. The van der Waals surface area contributed by atoms with Crippen LogP contribution in [0, 0.1) is 11.3 Å². The van der Waals surface area contributed by atoms with Crippen LogP contribution >= 0.6 is 0 Å². The van der Waals surface area contributed by atoms with Crippen molar-refractivity contribution in [3.05, 3.63) is 29.8 Å². The Labute approximate surface area is 118 Å². The van der Waals surface area contributed by atoms with Gasteiger partial charge < -0.3 is 10.1 Å². The highest BCUT2D eigenvalue weighted by Gasteiger charge is 2.57. The summed E-state index contributed by atoms with van der Waals surface area (Å²) in [5, 5.41) is 2.94. The zero-order chi connectivity index (χ0) is 14.2. The fraction of sp³-hybridized carbons (Fsp3) is 0.500. The molecule has 1 saturated heterocycles. The van der Waals surface area contributed by atoms with E-state index in [4.69, 9.17) is 4.74 Å². The smallest absolute Gasteiger partial charge is 0.228 e. The zero-order valence-electron chi connectivity index (χ0n) is 11.6. The summed E-state index contributed by atoms with van der Waals surface area (Å²) >= 11 is 0. The molecule has 1 N–H and O–H groups in total. The zero-order valence-corrected chi connectivity index (χ0v) is 11.6. The Hall–Kier alpha value is -1.68. The van der Waals surface area contributed by atoms with Crippen molar-refractivity contribution >= 4 is 17.4 Å². The molecule has 1 aromatic carbocycles. The van der Waals surface area contributed by atoms with Gasteiger partial charge in [0.25, 0.3) is 0 Å². The number of benzene rings is 1. The predicted octanol–water partition coefficient (Wildman–Crippen LogP) is 2.64. The lowest BCUT2D eigenvalue weighted by Crippen LogP contribution is -2.24. The van der Waals surface area contributed by atoms with Gasteiger partial charge in [0.1, 0.15) is 0 Å². The number of carbonyl (C=O) groups excluding carboxylic acids is 2. The lowest BCUT2D eigenvalue weighted by molar-refractivity contribution is -0.118. The second-order valence-corrected chi connectivity index (χ2v) is 5.86. The molecule has 1 aliphatic heterocycles. The summed E-state index contributed by atoms with van der Waals surface area (Å²) in [6, 6.07) is 7.11. The van der Waals surface area contributed by atoms with Crippen molar-refractivity contribution in [1.29, 1.82) is 0 Å². The van der Waals surface area contributed by atoms with Gasteiger partial charge in [-0.2, -0.15) is 0 Å². The summed E-state index contributed by atoms with van der Waals surface area (Å²) in [5.74, 6) is 0.188. The van der Waals surface area contributed by atoms with Crippen LogP contribution < -0.4 is 5.32 Å². The van der Waals surface area contributed by atoms with Crippen molar-refractivity contribution < 1.29 is 14.3 Å². The monoisotopic (exact) mass is 273 g/mol. The average molecular weight is 273 g/mol. The highest BCUT2D eigenvalue weighted by atomic mass is 16.5. The molecule has 1 unspecified atom stereocenters. The molecule has 1 heterocycles. The second kappa shape index (κ2) is 5.02. The van der Waals surface area contributed by atoms with Crippen LogP contribution in [-0.2, 0) is 9.53 Å². The molecule has 1 aromatic rings. The normalized spacial score (nSPS) is 23.4. The maximum atomic E-state index is 12.3. The van der Waals surface area contributed by atoms with Crippen LogP contribution in [0.25, 0.3) is 0 Å². The molecule has 3 rings (SSSR count). The van der Waals surface area contributed by atoms with E-state index < -0.39 is 0 Å². The Bertz CT molecular complexity index is 546. The third kappa shape index (κ3) is 2.48. The molecule has 0 aromatic heterocycles. The van der Waals surface area contributed by atoms with Gasteiger partial charge in [-0.05, 0) is 43.7 Å².